The Morgan fingerprint density at radius 1 is 1.15 bits per heavy atom. The number of rotatable bonds is 4. The van der Waals surface area contributed by atoms with Gasteiger partial charge >= 0.3 is 0 Å². The Kier molecular flexibility index (Phi) is 4.06. The van der Waals surface area contributed by atoms with Crippen molar-refractivity contribution in [2.75, 3.05) is 5.32 Å². The van der Waals surface area contributed by atoms with Crippen LogP contribution < -0.4 is 10.5 Å². The van der Waals surface area contributed by atoms with E-state index in [4.69, 9.17) is 5.14 Å². The molecule has 0 saturated heterocycles. The molecule has 2 rings (SSSR count). The third-order valence-electron chi connectivity index (χ3n) is 2.92. The van der Waals surface area contributed by atoms with Crippen LogP contribution in [0.25, 0.3) is 0 Å². The number of nitrogens with two attached hydrogens (primary N) is 1. The molecule has 4 nitrogen and oxygen atoms in total. The molecule has 0 amide bonds. The summed E-state index contributed by atoms with van der Waals surface area (Å²) >= 11 is 0. The molecule has 1 unspecified atom stereocenters. The quantitative estimate of drug-likeness (QED) is 0.910. The second kappa shape index (κ2) is 5.60. The minimum atomic E-state index is -3.68. The predicted molar refractivity (Wildman–Crippen MR) is 76.3 cm³/mol. The van der Waals surface area contributed by atoms with Crippen LogP contribution in [0, 0.1) is 5.82 Å². The summed E-state index contributed by atoms with van der Waals surface area (Å²) < 4.78 is 35.4. The van der Waals surface area contributed by atoms with Gasteiger partial charge in [0.1, 0.15) is 5.82 Å². The van der Waals surface area contributed by atoms with Crippen LogP contribution in [0.5, 0.6) is 0 Å². The third-order valence-corrected chi connectivity index (χ3v) is 3.85. The summed E-state index contributed by atoms with van der Waals surface area (Å²) in [4.78, 5) is 0.0687. The fourth-order valence-electron chi connectivity index (χ4n) is 1.86. The van der Waals surface area contributed by atoms with Crippen LogP contribution >= 0.6 is 0 Å². The highest BCUT2D eigenvalue weighted by Gasteiger charge is 2.10. The lowest BCUT2D eigenvalue weighted by Gasteiger charge is -2.16. The number of hydrogen-bond acceptors (Lipinski definition) is 3. The van der Waals surface area contributed by atoms with Crippen molar-refractivity contribution in [3.8, 4) is 0 Å². The van der Waals surface area contributed by atoms with Crippen LogP contribution in [0.3, 0.4) is 0 Å². The Morgan fingerprint density at radius 2 is 1.80 bits per heavy atom. The van der Waals surface area contributed by atoms with Crippen molar-refractivity contribution >= 4 is 15.7 Å². The number of benzene rings is 2. The lowest BCUT2D eigenvalue weighted by atomic mass is 10.1. The maximum Gasteiger partial charge on any atom is 0.238 e. The van der Waals surface area contributed by atoms with Gasteiger partial charge < -0.3 is 5.32 Å². The predicted octanol–water partition coefficient (Wildman–Crippen LogP) is 2.65. The molecule has 0 heterocycles. The van der Waals surface area contributed by atoms with Crippen LogP contribution in [0.1, 0.15) is 18.5 Å². The van der Waals surface area contributed by atoms with E-state index in [1.807, 2.05) is 6.92 Å². The normalized spacial score (nSPS) is 12.9. The first-order valence-electron chi connectivity index (χ1n) is 6.01. The average Bonchev–Trinajstić information content (AvgIpc) is 2.38. The van der Waals surface area contributed by atoms with Crippen LogP contribution in [-0.4, -0.2) is 8.42 Å². The van der Waals surface area contributed by atoms with Gasteiger partial charge in [0, 0.05) is 11.7 Å². The summed E-state index contributed by atoms with van der Waals surface area (Å²) in [6.07, 6.45) is 0. The summed E-state index contributed by atoms with van der Waals surface area (Å²) in [7, 11) is -3.68. The number of hydrogen-bond donors (Lipinski definition) is 2. The highest BCUT2D eigenvalue weighted by molar-refractivity contribution is 7.89. The monoisotopic (exact) mass is 294 g/mol. The maximum absolute atomic E-state index is 13.1. The van der Waals surface area contributed by atoms with E-state index < -0.39 is 10.0 Å². The molecule has 2 aromatic carbocycles. The molecule has 2 aromatic rings. The highest BCUT2D eigenvalue weighted by Crippen LogP contribution is 2.21. The number of sulfonamides is 1. The molecule has 0 spiro atoms. The van der Waals surface area contributed by atoms with Crippen molar-refractivity contribution < 1.29 is 12.8 Å². The molecule has 0 radical (unpaired) electrons. The molecule has 0 aliphatic rings. The van der Waals surface area contributed by atoms with Crippen LogP contribution in [0.15, 0.2) is 53.4 Å². The van der Waals surface area contributed by atoms with Gasteiger partial charge in [0.2, 0.25) is 10.0 Å². The number of halogens is 1. The van der Waals surface area contributed by atoms with E-state index in [-0.39, 0.29) is 16.8 Å². The zero-order valence-corrected chi connectivity index (χ0v) is 11.7. The van der Waals surface area contributed by atoms with E-state index in [0.717, 1.165) is 5.56 Å². The maximum atomic E-state index is 13.1. The standard InChI is InChI=1S/C14H15FN2O2S/c1-10(17-13-4-2-3-12(15)9-13)11-5-7-14(8-6-11)20(16,18)19/h2-10,17H,1H3,(H2,16,18,19). The molecule has 0 aliphatic heterocycles. The molecule has 0 bridgehead atoms. The van der Waals surface area contributed by atoms with Gasteiger partial charge in [-0.1, -0.05) is 18.2 Å². The molecule has 106 valence electrons. The molecule has 0 fully saturated rings. The first-order valence-corrected chi connectivity index (χ1v) is 7.56. The van der Waals surface area contributed by atoms with E-state index >= 15 is 0 Å². The zero-order valence-electron chi connectivity index (χ0n) is 10.9. The second-order valence-electron chi connectivity index (χ2n) is 4.49. The SMILES string of the molecule is CC(Nc1cccc(F)c1)c1ccc(S(N)(=O)=O)cc1. The Hall–Kier alpha value is -1.92. The molecule has 0 aromatic heterocycles. The second-order valence-corrected chi connectivity index (χ2v) is 6.05. The van der Waals surface area contributed by atoms with Gasteiger partial charge in [0.25, 0.3) is 0 Å². The fourth-order valence-corrected chi connectivity index (χ4v) is 2.37. The summed E-state index contributed by atoms with van der Waals surface area (Å²) in [6, 6.07) is 12.3. The number of primary sulfonamides is 1. The Balaban J connectivity index is 2.15. The van der Waals surface area contributed by atoms with Gasteiger partial charge in [0.15, 0.2) is 0 Å². The van der Waals surface area contributed by atoms with Gasteiger partial charge in [-0.2, -0.15) is 0 Å². The lowest BCUT2D eigenvalue weighted by Crippen LogP contribution is -2.12. The first kappa shape index (κ1) is 14.5. The van der Waals surface area contributed by atoms with Crippen molar-refractivity contribution in [3.05, 3.63) is 59.9 Å². The highest BCUT2D eigenvalue weighted by atomic mass is 32.2. The van der Waals surface area contributed by atoms with Crippen LogP contribution in [0.2, 0.25) is 0 Å². The summed E-state index contributed by atoms with van der Waals surface area (Å²) in [6.45, 7) is 1.90. The van der Waals surface area contributed by atoms with Gasteiger partial charge in [-0.15, -0.1) is 0 Å². The molecule has 6 heteroatoms. The van der Waals surface area contributed by atoms with E-state index in [2.05, 4.69) is 5.32 Å². The number of nitrogens with one attached hydrogen (secondary N) is 1. The van der Waals surface area contributed by atoms with E-state index in [1.54, 1.807) is 24.3 Å². The van der Waals surface area contributed by atoms with E-state index in [1.165, 1.54) is 24.3 Å². The van der Waals surface area contributed by atoms with Crippen molar-refractivity contribution in [3.63, 3.8) is 0 Å². The van der Waals surface area contributed by atoms with Gasteiger partial charge in [-0.3, -0.25) is 0 Å². The summed E-state index contributed by atoms with van der Waals surface area (Å²) in [5.74, 6) is -0.313. The van der Waals surface area contributed by atoms with Crippen molar-refractivity contribution in [2.24, 2.45) is 5.14 Å². The Bertz CT molecular complexity index is 699. The minimum Gasteiger partial charge on any atom is -0.378 e. The molecule has 3 N–H and O–H groups in total. The molecule has 0 saturated carbocycles. The Labute approximate surface area is 117 Å². The molecule has 0 aliphatic carbocycles. The fraction of sp³-hybridized carbons (Fsp3) is 0.143. The first-order chi connectivity index (χ1) is 9.36. The summed E-state index contributed by atoms with van der Waals surface area (Å²) in [5.41, 5.74) is 1.54. The largest absolute Gasteiger partial charge is 0.378 e. The van der Waals surface area contributed by atoms with Crippen molar-refractivity contribution in [1.82, 2.24) is 0 Å². The van der Waals surface area contributed by atoms with Crippen LogP contribution in [0.4, 0.5) is 10.1 Å². The number of anilines is 1. The topological polar surface area (TPSA) is 72.2 Å². The van der Waals surface area contributed by atoms with E-state index in [0.29, 0.717) is 5.69 Å². The van der Waals surface area contributed by atoms with Gasteiger partial charge in [-0.05, 0) is 42.8 Å². The lowest BCUT2D eigenvalue weighted by molar-refractivity contribution is 0.597. The third kappa shape index (κ3) is 3.55. The average molecular weight is 294 g/mol. The Morgan fingerprint density at radius 3 is 2.35 bits per heavy atom. The van der Waals surface area contributed by atoms with Gasteiger partial charge in [-0.25, -0.2) is 17.9 Å². The smallest absolute Gasteiger partial charge is 0.238 e. The van der Waals surface area contributed by atoms with Crippen molar-refractivity contribution in [2.45, 2.75) is 17.9 Å². The van der Waals surface area contributed by atoms with Crippen LogP contribution in [-0.2, 0) is 10.0 Å². The molecular weight excluding hydrogens is 279 g/mol. The minimum absolute atomic E-state index is 0.0687. The molecule has 1 atom stereocenters. The summed E-state index contributed by atoms with van der Waals surface area (Å²) in [5, 5.41) is 8.17. The zero-order chi connectivity index (χ0) is 14.8. The van der Waals surface area contributed by atoms with Gasteiger partial charge in [0.05, 0.1) is 4.90 Å². The molecule has 20 heavy (non-hydrogen) atoms. The molecular formula is C14H15FN2O2S. The van der Waals surface area contributed by atoms with E-state index in [9.17, 15) is 12.8 Å². The van der Waals surface area contributed by atoms with Crippen molar-refractivity contribution in [1.29, 1.82) is 0 Å².